The highest BCUT2D eigenvalue weighted by Gasteiger charge is 2.53. The summed E-state index contributed by atoms with van der Waals surface area (Å²) in [5.41, 5.74) is 0. The van der Waals surface area contributed by atoms with E-state index >= 15 is 0 Å². The van der Waals surface area contributed by atoms with E-state index in [0.29, 0.717) is 12.8 Å². The maximum Gasteiger partial charge on any atom is 0.220 e. The van der Waals surface area contributed by atoms with Crippen molar-refractivity contribution in [3.63, 3.8) is 0 Å². The average Bonchev–Trinajstić information content (AvgIpc) is 0.761. The smallest absolute Gasteiger partial charge is 0.220 e. The number of nitrogens with one attached hydrogen (secondary N) is 1. The van der Waals surface area contributed by atoms with Crippen molar-refractivity contribution in [1.29, 1.82) is 0 Å². The van der Waals surface area contributed by atoms with E-state index in [1.54, 1.807) is 6.08 Å². The molecule has 3 heterocycles. The van der Waals surface area contributed by atoms with Crippen molar-refractivity contribution in [1.82, 2.24) is 5.32 Å². The van der Waals surface area contributed by atoms with Crippen molar-refractivity contribution in [2.24, 2.45) is 0 Å². The summed E-state index contributed by atoms with van der Waals surface area (Å²) in [6, 6.07) is -1.00. The quantitative estimate of drug-likeness (QED) is 0.0199. The molecule has 0 radical (unpaired) electrons. The molecule has 0 aromatic carbocycles. The lowest BCUT2D eigenvalue weighted by Crippen LogP contribution is -2.66. The highest BCUT2D eigenvalue weighted by atomic mass is 16.8. The molecule has 12 N–H and O–H groups in total. The second-order valence-electron chi connectivity index (χ2n) is 27.4. The van der Waals surface area contributed by atoms with Crippen molar-refractivity contribution >= 4 is 5.91 Å². The summed E-state index contributed by atoms with van der Waals surface area (Å²) in [5.74, 6) is -0.290. The summed E-state index contributed by atoms with van der Waals surface area (Å²) < 4.78 is 34.4. The molecule has 19 heteroatoms. The summed E-state index contributed by atoms with van der Waals surface area (Å²) in [6.45, 7) is 1.61. The van der Waals surface area contributed by atoms with E-state index in [-0.39, 0.29) is 18.9 Å². The molecule has 572 valence electrons. The number of ether oxygens (including phenoxy) is 6. The van der Waals surface area contributed by atoms with Crippen LogP contribution in [0.15, 0.2) is 97.2 Å². The number of allylic oxidation sites excluding steroid dienone is 15. The van der Waals surface area contributed by atoms with Gasteiger partial charge in [0, 0.05) is 6.42 Å². The standard InChI is InChI=1S/C80H139NO18/c1-3-5-7-9-11-13-15-17-19-21-23-25-26-27-28-29-30-31-32-33-34-35-36-38-40-42-44-46-48-50-52-54-56-58-68(86)81-63(64(85)57-55-53-51-49-47-45-43-41-39-37-24-22-20-18-16-14-12-10-8-6-4-2)62-94-78-74(92)71(89)76(66(60-83)96-78)99-80-75(93)72(90)77(67(61-84)97-80)98-79-73(91)70(88)69(87)65(59-82)95-79/h5,7,11,13,17,19,23,25,27-28,39,41,47,49,55,57,63-67,69-80,82-85,87-93H,3-4,6,8-10,12,14-16,18,20-22,24,26,29-38,40,42-46,48,50-54,56,58-62H2,1-2H3,(H,81,86)/b7-5-,13-11-,19-17-,25-23-,28-27-,41-39+,49-47+,57-55+. The predicted molar refractivity (Wildman–Crippen MR) is 392 cm³/mol. The molecule has 99 heavy (non-hydrogen) atoms. The third kappa shape index (κ3) is 40.5. The Morgan fingerprint density at radius 3 is 1.13 bits per heavy atom. The Hall–Kier alpha value is -3.29. The monoisotopic (exact) mass is 1400 g/mol. The van der Waals surface area contributed by atoms with E-state index in [1.807, 2.05) is 6.08 Å². The molecule has 17 unspecified atom stereocenters. The van der Waals surface area contributed by atoms with Crippen molar-refractivity contribution in [3.05, 3.63) is 97.2 Å². The van der Waals surface area contributed by atoms with E-state index in [9.17, 15) is 61.0 Å². The lowest BCUT2D eigenvalue weighted by atomic mass is 9.96. The third-order valence-electron chi connectivity index (χ3n) is 18.8. The SMILES string of the molecule is CC/C=C\C/C=C\C/C=C\C/C=C\C/C=C\CCCCCCCCCCCCCCCCCCCC(=O)NC(COC1OC(CO)C(OC2OC(CO)C(OC3OC(CO)C(O)C(O)C3O)C(O)C2O)C(O)C1O)C(O)/C=C/CC/C=C/CC/C=C/CCCCCCCCCCCCC. The van der Waals surface area contributed by atoms with Gasteiger partial charge in [0.1, 0.15) is 73.2 Å². The van der Waals surface area contributed by atoms with Gasteiger partial charge in [0.25, 0.3) is 0 Å². The fourth-order valence-electron chi connectivity index (χ4n) is 12.6. The van der Waals surface area contributed by atoms with Crippen LogP contribution in [0.25, 0.3) is 0 Å². The first-order valence-electron chi connectivity index (χ1n) is 39.0. The number of rotatable bonds is 60. The van der Waals surface area contributed by atoms with E-state index in [1.165, 1.54) is 161 Å². The van der Waals surface area contributed by atoms with Crippen LogP contribution in [0.3, 0.4) is 0 Å². The first-order valence-corrected chi connectivity index (χ1v) is 39.0. The number of carbonyl (C=O) groups excluding carboxylic acids is 1. The zero-order chi connectivity index (χ0) is 71.8. The predicted octanol–water partition coefficient (Wildman–Crippen LogP) is 12.4. The summed E-state index contributed by atoms with van der Waals surface area (Å²) >= 11 is 0. The first kappa shape index (κ1) is 89.9. The minimum Gasteiger partial charge on any atom is -0.394 e. The van der Waals surface area contributed by atoms with Crippen LogP contribution in [0.5, 0.6) is 0 Å². The largest absolute Gasteiger partial charge is 0.394 e. The zero-order valence-corrected chi connectivity index (χ0v) is 60.9. The molecule has 0 aromatic rings. The van der Waals surface area contributed by atoms with E-state index in [0.717, 1.165) is 77.0 Å². The van der Waals surface area contributed by atoms with Crippen LogP contribution in [0, 0.1) is 0 Å². The van der Waals surface area contributed by atoms with E-state index < -0.39 is 124 Å². The van der Waals surface area contributed by atoms with Gasteiger partial charge in [0.15, 0.2) is 18.9 Å². The molecular weight excluding hydrogens is 1260 g/mol. The molecule has 1 amide bonds. The molecular formula is C80H139NO18. The van der Waals surface area contributed by atoms with Crippen molar-refractivity contribution in [2.75, 3.05) is 26.4 Å². The Kier molecular flexibility index (Phi) is 54.5. The first-order chi connectivity index (χ1) is 48.3. The maximum atomic E-state index is 13.5. The fraction of sp³-hybridized carbons (Fsp3) is 0.787. The zero-order valence-electron chi connectivity index (χ0n) is 60.9. The van der Waals surface area contributed by atoms with Crippen LogP contribution in [0.1, 0.15) is 271 Å². The molecule has 3 aliphatic heterocycles. The number of amides is 1. The Morgan fingerprint density at radius 2 is 0.707 bits per heavy atom. The Morgan fingerprint density at radius 1 is 0.374 bits per heavy atom. The highest BCUT2D eigenvalue weighted by molar-refractivity contribution is 5.76. The molecule has 17 atom stereocenters. The summed E-state index contributed by atoms with van der Waals surface area (Å²) in [6.07, 6.45) is 53.9. The van der Waals surface area contributed by atoms with Gasteiger partial charge in [-0.1, -0.05) is 272 Å². The topological polar surface area (TPSA) is 307 Å². The normalized spacial score (nSPS) is 27.1. The second kappa shape index (κ2) is 60.0. The molecule has 3 rings (SSSR count). The van der Waals surface area contributed by atoms with Gasteiger partial charge in [0.2, 0.25) is 5.91 Å². The van der Waals surface area contributed by atoms with Crippen molar-refractivity contribution in [2.45, 2.75) is 375 Å². The Balaban J connectivity index is 1.38. The van der Waals surface area contributed by atoms with Gasteiger partial charge in [-0.3, -0.25) is 4.79 Å². The second-order valence-corrected chi connectivity index (χ2v) is 27.4. The molecule has 0 spiro atoms. The van der Waals surface area contributed by atoms with Crippen LogP contribution in [-0.2, 0) is 33.2 Å². The van der Waals surface area contributed by atoms with Gasteiger partial charge in [-0.2, -0.15) is 0 Å². The van der Waals surface area contributed by atoms with Gasteiger partial charge in [-0.25, -0.2) is 0 Å². The maximum absolute atomic E-state index is 13.5. The molecule has 0 aliphatic carbocycles. The number of carbonyl (C=O) groups is 1. The van der Waals surface area contributed by atoms with E-state index in [2.05, 4.69) is 104 Å². The average molecular weight is 1400 g/mol. The lowest BCUT2D eigenvalue weighted by Gasteiger charge is -2.48. The van der Waals surface area contributed by atoms with Crippen LogP contribution in [-0.4, -0.2) is 193 Å². The third-order valence-corrected chi connectivity index (χ3v) is 18.8. The molecule has 3 fully saturated rings. The Bertz CT molecular complexity index is 2170. The van der Waals surface area contributed by atoms with Gasteiger partial charge in [-0.15, -0.1) is 0 Å². The molecule has 3 saturated heterocycles. The van der Waals surface area contributed by atoms with Gasteiger partial charge < -0.3 is 89.9 Å². The summed E-state index contributed by atoms with van der Waals surface area (Å²) in [4.78, 5) is 13.5. The summed E-state index contributed by atoms with van der Waals surface area (Å²) in [5, 5.41) is 121. The van der Waals surface area contributed by atoms with Crippen molar-refractivity contribution in [3.8, 4) is 0 Å². The van der Waals surface area contributed by atoms with Crippen LogP contribution >= 0.6 is 0 Å². The van der Waals surface area contributed by atoms with Gasteiger partial charge in [-0.05, 0) is 89.9 Å². The Labute approximate surface area is 596 Å². The number of hydrogen-bond donors (Lipinski definition) is 12. The molecule has 0 saturated carbocycles. The van der Waals surface area contributed by atoms with E-state index in [4.69, 9.17) is 28.4 Å². The minimum absolute atomic E-state index is 0.229. The molecule has 0 aromatic heterocycles. The van der Waals surface area contributed by atoms with Crippen LogP contribution in [0.2, 0.25) is 0 Å². The van der Waals surface area contributed by atoms with Crippen LogP contribution in [0.4, 0.5) is 0 Å². The van der Waals surface area contributed by atoms with Gasteiger partial charge >= 0.3 is 0 Å². The number of hydrogen-bond acceptors (Lipinski definition) is 18. The van der Waals surface area contributed by atoms with Crippen LogP contribution < -0.4 is 5.32 Å². The number of aliphatic hydroxyl groups is 11. The minimum atomic E-state index is -1.99. The van der Waals surface area contributed by atoms with Gasteiger partial charge in [0.05, 0.1) is 38.6 Å². The summed E-state index contributed by atoms with van der Waals surface area (Å²) in [7, 11) is 0. The van der Waals surface area contributed by atoms with Crippen molar-refractivity contribution < 1.29 is 89.4 Å². The molecule has 0 bridgehead atoms. The fourth-order valence-corrected chi connectivity index (χ4v) is 12.6. The lowest BCUT2D eigenvalue weighted by molar-refractivity contribution is -0.379. The molecule has 19 nitrogen and oxygen atoms in total. The number of unbranched alkanes of at least 4 members (excludes halogenated alkanes) is 30. The number of aliphatic hydroxyl groups excluding tert-OH is 11. The highest BCUT2D eigenvalue weighted by Crippen LogP contribution is 2.33. The molecule has 3 aliphatic rings.